The van der Waals surface area contributed by atoms with Gasteiger partial charge < -0.3 is 5.32 Å². The highest BCUT2D eigenvalue weighted by atomic mass is 14.9. The van der Waals surface area contributed by atoms with Crippen molar-refractivity contribution in [3.63, 3.8) is 0 Å². The third kappa shape index (κ3) is 3.51. The summed E-state index contributed by atoms with van der Waals surface area (Å²) in [6.45, 7) is 3.11. The van der Waals surface area contributed by atoms with E-state index < -0.39 is 0 Å². The molecule has 1 N–H and O–H groups in total. The molecule has 1 aromatic rings. The second kappa shape index (κ2) is 5.88. The van der Waals surface area contributed by atoms with Crippen LogP contribution >= 0.6 is 0 Å². The molecule has 0 unspecified atom stereocenters. The molecule has 0 aromatic carbocycles. The van der Waals surface area contributed by atoms with Crippen molar-refractivity contribution in [3.05, 3.63) is 24.0 Å². The van der Waals surface area contributed by atoms with E-state index in [1.54, 1.807) is 0 Å². The Morgan fingerprint density at radius 1 is 1.25 bits per heavy atom. The van der Waals surface area contributed by atoms with E-state index in [1.807, 2.05) is 13.1 Å². The maximum Gasteiger partial charge on any atom is 0.0526 e. The first-order valence-corrected chi connectivity index (χ1v) is 6.51. The van der Waals surface area contributed by atoms with E-state index in [1.165, 1.54) is 38.5 Å². The minimum atomic E-state index is 0.958. The van der Waals surface area contributed by atoms with Crippen LogP contribution in [0.5, 0.6) is 0 Å². The van der Waals surface area contributed by atoms with E-state index in [9.17, 15) is 0 Å². The quantitative estimate of drug-likeness (QED) is 0.832. The minimum absolute atomic E-state index is 0.958. The van der Waals surface area contributed by atoms with Crippen LogP contribution in [0, 0.1) is 12.8 Å². The van der Waals surface area contributed by atoms with Crippen LogP contribution in [-0.2, 0) is 0 Å². The van der Waals surface area contributed by atoms with E-state index in [-0.39, 0.29) is 0 Å². The fourth-order valence-corrected chi connectivity index (χ4v) is 2.47. The summed E-state index contributed by atoms with van der Waals surface area (Å²) in [5, 5.41) is 3.46. The van der Waals surface area contributed by atoms with Crippen LogP contribution in [0.25, 0.3) is 0 Å². The first kappa shape index (κ1) is 11.4. The number of hydrogen-bond acceptors (Lipinski definition) is 2. The molecule has 0 bridgehead atoms. The Bertz CT molecular complexity index is 299. The van der Waals surface area contributed by atoms with Gasteiger partial charge in [0.1, 0.15) is 0 Å². The number of nitrogens with one attached hydrogen (secondary N) is 1. The lowest BCUT2D eigenvalue weighted by molar-refractivity contribution is 0.345. The average molecular weight is 218 g/mol. The number of anilines is 1. The summed E-state index contributed by atoms with van der Waals surface area (Å²) in [5.74, 6) is 0.958. The summed E-state index contributed by atoms with van der Waals surface area (Å²) in [5.41, 5.74) is 2.24. The first-order chi connectivity index (χ1) is 7.84. The highest BCUT2D eigenvalue weighted by Gasteiger charge is 2.12. The van der Waals surface area contributed by atoms with Crippen LogP contribution in [0.15, 0.2) is 18.3 Å². The normalized spacial score (nSPS) is 17.3. The zero-order chi connectivity index (χ0) is 11.2. The molecule has 0 amide bonds. The summed E-state index contributed by atoms with van der Waals surface area (Å²) in [6.07, 6.45) is 10.4. The van der Waals surface area contributed by atoms with Crippen molar-refractivity contribution < 1.29 is 0 Å². The highest BCUT2D eigenvalue weighted by Crippen LogP contribution is 2.26. The molecule has 1 saturated carbocycles. The molecule has 2 rings (SSSR count). The summed E-state index contributed by atoms with van der Waals surface area (Å²) in [7, 11) is 0. The van der Waals surface area contributed by atoms with Crippen LogP contribution in [0.2, 0.25) is 0 Å². The Kier molecular flexibility index (Phi) is 4.20. The molecule has 0 atom stereocenters. The Morgan fingerprint density at radius 2 is 2.06 bits per heavy atom. The molecule has 0 saturated heterocycles. The number of aromatic nitrogens is 1. The first-order valence-electron chi connectivity index (χ1n) is 6.51. The molecule has 2 heteroatoms. The molecular formula is C14H22N2. The van der Waals surface area contributed by atoms with Crippen LogP contribution < -0.4 is 5.32 Å². The van der Waals surface area contributed by atoms with E-state index in [2.05, 4.69) is 22.4 Å². The van der Waals surface area contributed by atoms with Gasteiger partial charge in [-0.25, -0.2) is 0 Å². The summed E-state index contributed by atoms with van der Waals surface area (Å²) in [6, 6.07) is 4.17. The second-order valence-corrected chi connectivity index (χ2v) is 4.91. The predicted molar refractivity (Wildman–Crippen MR) is 68.7 cm³/mol. The van der Waals surface area contributed by atoms with Crippen molar-refractivity contribution in [2.75, 3.05) is 11.9 Å². The van der Waals surface area contributed by atoms with Gasteiger partial charge in [-0.3, -0.25) is 4.98 Å². The number of pyridine rings is 1. The molecule has 1 aliphatic rings. The molecule has 16 heavy (non-hydrogen) atoms. The largest absolute Gasteiger partial charge is 0.384 e. The number of aryl methyl sites for hydroxylation is 1. The van der Waals surface area contributed by atoms with Gasteiger partial charge in [-0.2, -0.15) is 0 Å². The zero-order valence-electron chi connectivity index (χ0n) is 10.2. The molecule has 2 nitrogen and oxygen atoms in total. The van der Waals surface area contributed by atoms with Crippen molar-refractivity contribution in [1.82, 2.24) is 4.98 Å². The third-order valence-electron chi connectivity index (χ3n) is 3.52. The van der Waals surface area contributed by atoms with Crippen molar-refractivity contribution >= 4 is 5.69 Å². The van der Waals surface area contributed by atoms with Crippen molar-refractivity contribution in [2.24, 2.45) is 5.92 Å². The van der Waals surface area contributed by atoms with Crippen LogP contribution in [0.1, 0.15) is 44.2 Å². The fourth-order valence-electron chi connectivity index (χ4n) is 2.47. The zero-order valence-corrected chi connectivity index (χ0v) is 10.2. The van der Waals surface area contributed by atoms with Gasteiger partial charge in [0.15, 0.2) is 0 Å². The molecule has 1 fully saturated rings. The number of hydrogen-bond donors (Lipinski definition) is 1. The van der Waals surface area contributed by atoms with Crippen molar-refractivity contribution in [1.29, 1.82) is 0 Å². The molecule has 0 spiro atoms. The smallest absolute Gasteiger partial charge is 0.0526 e. The Labute approximate surface area is 98.5 Å². The molecule has 0 radical (unpaired) electrons. The fraction of sp³-hybridized carbons (Fsp3) is 0.643. The van der Waals surface area contributed by atoms with E-state index >= 15 is 0 Å². The van der Waals surface area contributed by atoms with E-state index in [0.717, 1.165) is 23.8 Å². The van der Waals surface area contributed by atoms with Crippen molar-refractivity contribution in [2.45, 2.75) is 45.4 Å². The summed E-state index contributed by atoms with van der Waals surface area (Å²) in [4.78, 5) is 4.28. The van der Waals surface area contributed by atoms with Crippen molar-refractivity contribution in [3.8, 4) is 0 Å². The topological polar surface area (TPSA) is 24.9 Å². The SMILES string of the molecule is Cc1ccc(NCCC2CCCCC2)cn1. The van der Waals surface area contributed by atoms with E-state index in [4.69, 9.17) is 0 Å². The second-order valence-electron chi connectivity index (χ2n) is 4.91. The summed E-state index contributed by atoms with van der Waals surface area (Å²) < 4.78 is 0. The molecule has 1 aromatic heterocycles. The van der Waals surface area contributed by atoms with Gasteiger partial charge in [0.2, 0.25) is 0 Å². The maximum absolute atomic E-state index is 4.28. The highest BCUT2D eigenvalue weighted by molar-refractivity contribution is 5.40. The van der Waals surface area contributed by atoms with Gasteiger partial charge in [-0.1, -0.05) is 32.1 Å². The van der Waals surface area contributed by atoms with Gasteiger partial charge in [0.25, 0.3) is 0 Å². The monoisotopic (exact) mass is 218 g/mol. The Hall–Kier alpha value is -1.05. The number of rotatable bonds is 4. The third-order valence-corrected chi connectivity index (χ3v) is 3.52. The van der Waals surface area contributed by atoms with Gasteiger partial charge in [0, 0.05) is 12.2 Å². The Balaban J connectivity index is 1.69. The lowest BCUT2D eigenvalue weighted by Crippen LogP contribution is -2.12. The van der Waals surface area contributed by atoms with Crippen LogP contribution in [-0.4, -0.2) is 11.5 Å². The molecular weight excluding hydrogens is 196 g/mol. The van der Waals surface area contributed by atoms with Crippen LogP contribution in [0.3, 0.4) is 0 Å². The predicted octanol–water partition coefficient (Wildman–Crippen LogP) is 3.77. The van der Waals surface area contributed by atoms with Crippen LogP contribution in [0.4, 0.5) is 5.69 Å². The molecule has 0 aliphatic heterocycles. The molecule has 88 valence electrons. The Morgan fingerprint density at radius 3 is 2.75 bits per heavy atom. The molecule has 1 aliphatic carbocycles. The average Bonchev–Trinajstić information content (AvgIpc) is 2.33. The lowest BCUT2D eigenvalue weighted by Gasteiger charge is -2.21. The summed E-state index contributed by atoms with van der Waals surface area (Å²) >= 11 is 0. The minimum Gasteiger partial charge on any atom is -0.384 e. The standard InChI is InChI=1S/C14H22N2/c1-12-7-8-14(11-16-12)15-10-9-13-5-3-2-4-6-13/h7-8,11,13,15H,2-6,9-10H2,1H3. The van der Waals surface area contributed by atoms with E-state index in [0.29, 0.717) is 0 Å². The van der Waals surface area contributed by atoms with Gasteiger partial charge >= 0.3 is 0 Å². The van der Waals surface area contributed by atoms with Gasteiger partial charge in [-0.15, -0.1) is 0 Å². The van der Waals surface area contributed by atoms with Gasteiger partial charge in [-0.05, 0) is 31.4 Å². The van der Waals surface area contributed by atoms with Gasteiger partial charge in [0.05, 0.1) is 11.9 Å². The molecule has 1 heterocycles. The maximum atomic E-state index is 4.28. The number of nitrogens with zero attached hydrogens (tertiary/aromatic N) is 1. The lowest BCUT2D eigenvalue weighted by atomic mass is 9.87.